The molecule has 0 aliphatic heterocycles. The van der Waals surface area contributed by atoms with E-state index in [0.717, 1.165) is 5.01 Å². The Kier molecular flexibility index (Phi) is 5.75. The molecule has 1 aromatic carbocycles. The number of nitrogens with zero attached hydrogens (tertiary/aromatic N) is 2. The van der Waals surface area contributed by atoms with Crippen LogP contribution in [0, 0.1) is 0 Å². The molecule has 0 saturated heterocycles. The third kappa shape index (κ3) is 4.62. The minimum Gasteiger partial charge on any atom is -0.352 e. The number of halogens is 1. The van der Waals surface area contributed by atoms with Crippen LogP contribution in [0.25, 0.3) is 0 Å². The van der Waals surface area contributed by atoms with Gasteiger partial charge in [-0.3, -0.25) is 14.9 Å². The van der Waals surface area contributed by atoms with Crippen molar-refractivity contribution in [2.45, 2.75) is 6.42 Å². The molecule has 0 aliphatic carbocycles. The van der Waals surface area contributed by atoms with Crippen molar-refractivity contribution in [3.8, 4) is 0 Å². The summed E-state index contributed by atoms with van der Waals surface area (Å²) in [5, 5.41) is 16.9. The highest BCUT2D eigenvalue weighted by atomic mass is 35.5. The van der Waals surface area contributed by atoms with Crippen LogP contribution in [0.2, 0.25) is 5.02 Å². The summed E-state index contributed by atoms with van der Waals surface area (Å²) in [5.74, 6) is -0.439. The molecule has 0 bridgehead atoms. The van der Waals surface area contributed by atoms with Crippen LogP contribution in [-0.4, -0.2) is 28.6 Å². The lowest BCUT2D eigenvalue weighted by Crippen LogP contribution is -2.25. The fourth-order valence-corrected chi connectivity index (χ4v) is 3.57. The molecular formula is C16H13ClN4O2S2. The van der Waals surface area contributed by atoms with E-state index < -0.39 is 0 Å². The Balaban J connectivity index is 1.50. The minimum absolute atomic E-state index is 0.204. The molecule has 128 valence electrons. The molecule has 0 spiro atoms. The Morgan fingerprint density at radius 3 is 2.68 bits per heavy atom. The van der Waals surface area contributed by atoms with Gasteiger partial charge in [0.25, 0.3) is 11.8 Å². The number of hydrogen-bond acceptors (Lipinski definition) is 6. The molecule has 0 saturated carbocycles. The van der Waals surface area contributed by atoms with E-state index in [4.69, 9.17) is 11.6 Å². The summed E-state index contributed by atoms with van der Waals surface area (Å²) < 4.78 is 0. The Morgan fingerprint density at radius 2 is 1.92 bits per heavy atom. The normalized spacial score (nSPS) is 10.4. The van der Waals surface area contributed by atoms with E-state index in [9.17, 15) is 9.59 Å². The molecule has 0 aliphatic rings. The second kappa shape index (κ2) is 8.19. The van der Waals surface area contributed by atoms with E-state index in [2.05, 4.69) is 20.8 Å². The first-order valence-corrected chi connectivity index (χ1v) is 9.41. The Hall–Kier alpha value is -2.29. The maximum atomic E-state index is 12.1. The largest absolute Gasteiger partial charge is 0.352 e. The van der Waals surface area contributed by atoms with Crippen molar-refractivity contribution in [1.82, 2.24) is 15.5 Å². The molecule has 2 aromatic heterocycles. The fraction of sp³-hybridized carbons (Fsp3) is 0.125. The number of nitrogens with one attached hydrogen (secondary N) is 2. The first-order chi connectivity index (χ1) is 12.1. The first kappa shape index (κ1) is 17.5. The zero-order valence-electron chi connectivity index (χ0n) is 12.9. The summed E-state index contributed by atoms with van der Waals surface area (Å²) in [6.07, 6.45) is 0.517. The second-order valence-electron chi connectivity index (χ2n) is 4.92. The number of thiophene rings is 1. The Bertz CT molecular complexity index is 880. The van der Waals surface area contributed by atoms with Gasteiger partial charge < -0.3 is 5.32 Å². The summed E-state index contributed by atoms with van der Waals surface area (Å²) in [6, 6.07) is 10.4. The lowest BCUT2D eigenvalue weighted by molar-refractivity contribution is 0.0953. The highest BCUT2D eigenvalue weighted by molar-refractivity contribution is 7.15. The van der Waals surface area contributed by atoms with E-state index in [-0.39, 0.29) is 11.8 Å². The van der Waals surface area contributed by atoms with E-state index in [1.54, 1.807) is 30.3 Å². The van der Waals surface area contributed by atoms with Gasteiger partial charge in [-0.2, -0.15) is 0 Å². The van der Waals surface area contributed by atoms with Gasteiger partial charge in [-0.25, -0.2) is 0 Å². The number of anilines is 1. The zero-order chi connectivity index (χ0) is 17.6. The molecule has 6 nitrogen and oxygen atoms in total. The van der Waals surface area contributed by atoms with E-state index in [1.165, 1.54) is 22.7 Å². The number of carbonyl (C=O) groups excluding carboxylic acids is 2. The summed E-state index contributed by atoms with van der Waals surface area (Å²) in [5.41, 5.74) is 0.435. The van der Waals surface area contributed by atoms with Crippen molar-refractivity contribution in [2.24, 2.45) is 0 Å². The van der Waals surface area contributed by atoms with Gasteiger partial charge >= 0.3 is 0 Å². The smallest absolute Gasteiger partial charge is 0.267 e. The fourth-order valence-electron chi connectivity index (χ4n) is 2.00. The molecule has 3 rings (SSSR count). The summed E-state index contributed by atoms with van der Waals surface area (Å²) >= 11 is 8.63. The average molecular weight is 393 g/mol. The number of amides is 2. The molecule has 0 unspecified atom stereocenters. The van der Waals surface area contributed by atoms with Gasteiger partial charge in [-0.1, -0.05) is 41.1 Å². The molecule has 0 atom stereocenters. The summed E-state index contributed by atoms with van der Waals surface area (Å²) in [7, 11) is 0. The van der Waals surface area contributed by atoms with Crippen LogP contribution in [0.1, 0.15) is 25.0 Å². The van der Waals surface area contributed by atoms with Crippen LogP contribution in [0.5, 0.6) is 0 Å². The number of aromatic nitrogens is 2. The van der Waals surface area contributed by atoms with Crippen molar-refractivity contribution in [1.29, 1.82) is 0 Å². The van der Waals surface area contributed by atoms with E-state index in [0.29, 0.717) is 33.6 Å². The lowest BCUT2D eigenvalue weighted by atomic mass is 10.2. The molecule has 2 amide bonds. The minimum atomic E-state index is -0.235. The number of hydrogen-bond donors (Lipinski definition) is 2. The van der Waals surface area contributed by atoms with Gasteiger partial charge in [0.15, 0.2) is 0 Å². The third-order valence-corrected chi connectivity index (χ3v) is 5.27. The summed E-state index contributed by atoms with van der Waals surface area (Å²) in [4.78, 5) is 24.6. The predicted octanol–water partition coefficient (Wildman–Crippen LogP) is 3.48. The van der Waals surface area contributed by atoms with Crippen LogP contribution in [0.15, 0.2) is 41.8 Å². The summed E-state index contributed by atoms with van der Waals surface area (Å²) in [6.45, 7) is 0.400. The lowest BCUT2D eigenvalue weighted by Gasteiger charge is -2.05. The molecular weight excluding hydrogens is 380 g/mol. The monoisotopic (exact) mass is 392 g/mol. The van der Waals surface area contributed by atoms with Crippen molar-refractivity contribution in [3.05, 3.63) is 62.2 Å². The molecule has 2 heterocycles. The predicted molar refractivity (Wildman–Crippen MR) is 99.7 cm³/mol. The average Bonchev–Trinajstić information content (AvgIpc) is 3.27. The van der Waals surface area contributed by atoms with Crippen LogP contribution in [0.4, 0.5) is 5.13 Å². The SMILES string of the molecule is O=C(Nc1nnc(CCNC(=O)c2ccccc2Cl)s1)c1cccs1. The van der Waals surface area contributed by atoms with Gasteiger partial charge in [0, 0.05) is 13.0 Å². The van der Waals surface area contributed by atoms with Crippen LogP contribution >= 0.6 is 34.3 Å². The van der Waals surface area contributed by atoms with E-state index >= 15 is 0 Å². The second-order valence-corrected chi connectivity index (χ2v) is 7.34. The molecule has 25 heavy (non-hydrogen) atoms. The highest BCUT2D eigenvalue weighted by Crippen LogP contribution is 2.18. The Morgan fingerprint density at radius 1 is 1.08 bits per heavy atom. The van der Waals surface area contributed by atoms with Crippen LogP contribution in [0.3, 0.4) is 0 Å². The quantitative estimate of drug-likeness (QED) is 0.672. The molecule has 2 N–H and O–H groups in total. The number of benzene rings is 1. The van der Waals surface area contributed by atoms with Gasteiger partial charge in [0.05, 0.1) is 15.5 Å². The standard InChI is InChI=1S/C16H13ClN4O2S2/c17-11-5-2-1-4-10(11)14(22)18-8-7-13-20-21-16(25-13)19-15(23)12-6-3-9-24-12/h1-6,9H,7-8H2,(H,18,22)(H,19,21,23). The third-order valence-electron chi connectivity index (χ3n) is 3.18. The van der Waals surface area contributed by atoms with E-state index in [1.807, 2.05) is 11.4 Å². The van der Waals surface area contributed by atoms with Crippen molar-refractivity contribution in [3.63, 3.8) is 0 Å². The molecule has 0 fully saturated rings. The molecule has 9 heteroatoms. The maximum absolute atomic E-state index is 12.1. The van der Waals surface area contributed by atoms with Crippen LogP contribution < -0.4 is 10.6 Å². The zero-order valence-corrected chi connectivity index (χ0v) is 15.2. The first-order valence-electron chi connectivity index (χ1n) is 7.33. The van der Waals surface area contributed by atoms with Gasteiger partial charge in [-0.15, -0.1) is 21.5 Å². The maximum Gasteiger partial charge on any atom is 0.267 e. The molecule has 0 radical (unpaired) electrons. The highest BCUT2D eigenvalue weighted by Gasteiger charge is 2.12. The van der Waals surface area contributed by atoms with Crippen molar-refractivity contribution in [2.75, 3.05) is 11.9 Å². The topological polar surface area (TPSA) is 84.0 Å². The van der Waals surface area contributed by atoms with Crippen LogP contribution in [-0.2, 0) is 6.42 Å². The van der Waals surface area contributed by atoms with Gasteiger partial charge in [0.2, 0.25) is 5.13 Å². The van der Waals surface area contributed by atoms with Gasteiger partial charge in [0.1, 0.15) is 5.01 Å². The molecule has 3 aromatic rings. The Labute approximate surface area is 156 Å². The van der Waals surface area contributed by atoms with Crippen molar-refractivity contribution < 1.29 is 9.59 Å². The number of rotatable bonds is 6. The van der Waals surface area contributed by atoms with Gasteiger partial charge in [-0.05, 0) is 23.6 Å². The van der Waals surface area contributed by atoms with Crippen molar-refractivity contribution >= 4 is 51.2 Å². The number of carbonyl (C=O) groups is 2.